The minimum Gasteiger partial charge on any atom is -0.495 e. The Bertz CT molecular complexity index is 1110. The number of carbonyl (C=O) groups excluding carboxylic acids is 2. The average molecular weight is 450 g/mol. The molecule has 172 valence electrons. The van der Waals surface area contributed by atoms with Gasteiger partial charge >= 0.3 is 0 Å². The molecule has 0 aromatic heterocycles. The highest BCUT2D eigenvalue weighted by Gasteiger charge is 2.18. The van der Waals surface area contributed by atoms with Crippen molar-refractivity contribution in [3.05, 3.63) is 71.8 Å². The zero-order valence-electron chi connectivity index (χ0n) is 18.9. The fourth-order valence-electron chi connectivity index (χ4n) is 3.16. The third-order valence-electron chi connectivity index (χ3n) is 4.72. The summed E-state index contributed by atoms with van der Waals surface area (Å²) in [4.78, 5) is 24.4. The number of amides is 2. The topological polar surface area (TPSA) is 95.1 Å². The second-order valence-corrected chi connectivity index (χ2v) is 7.03. The number of hydrogen-bond acceptors (Lipinski definition) is 6. The third-order valence-corrected chi connectivity index (χ3v) is 4.72. The molecule has 0 spiro atoms. The van der Waals surface area contributed by atoms with Gasteiger partial charge in [-0.05, 0) is 35.9 Å². The van der Waals surface area contributed by atoms with E-state index in [1.54, 1.807) is 30.3 Å². The van der Waals surface area contributed by atoms with Crippen molar-refractivity contribution in [3.8, 4) is 23.0 Å². The number of nitrogens with one attached hydrogen (secondary N) is 2. The van der Waals surface area contributed by atoms with Crippen LogP contribution in [0.25, 0.3) is 0 Å². The largest absolute Gasteiger partial charge is 0.495 e. The van der Waals surface area contributed by atoms with Crippen LogP contribution in [0, 0.1) is 0 Å². The van der Waals surface area contributed by atoms with E-state index in [2.05, 4.69) is 10.6 Å². The first-order valence-electron chi connectivity index (χ1n) is 10.1. The second kappa shape index (κ2) is 10.9. The van der Waals surface area contributed by atoms with E-state index >= 15 is 0 Å². The van der Waals surface area contributed by atoms with Crippen LogP contribution in [0.2, 0.25) is 0 Å². The van der Waals surface area contributed by atoms with Gasteiger partial charge in [-0.25, -0.2) is 0 Å². The summed E-state index contributed by atoms with van der Waals surface area (Å²) < 4.78 is 22.1. The van der Waals surface area contributed by atoms with Crippen molar-refractivity contribution >= 4 is 23.2 Å². The lowest BCUT2D eigenvalue weighted by Gasteiger charge is -2.16. The van der Waals surface area contributed by atoms with E-state index in [0.717, 1.165) is 5.56 Å². The van der Waals surface area contributed by atoms with Crippen molar-refractivity contribution in [3.63, 3.8) is 0 Å². The van der Waals surface area contributed by atoms with Crippen molar-refractivity contribution in [1.29, 1.82) is 0 Å². The number of benzene rings is 3. The zero-order valence-corrected chi connectivity index (χ0v) is 18.9. The highest BCUT2D eigenvalue weighted by Crippen LogP contribution is 2.39. The van der Waals surface area contributed by atoms with Crippen LogP contribution in [0.5, 0.6) is 23.0 Å². The summed E-state index contributed by atoms with van der Waals surface area (Å²) in [7, 11) is 4.49. The van der Waals surface area contributed by atoms with E-state index in [-0.39, 0.29) is 11.8 Å². The number of methoxy groups -OCH3 is 3. The van der Waals surface area contributed by atoms with Crippen molar-refractivity contribution in [2.75, 3.05) is 32.0 Å². The van der Waals surface area contributed by atoms with Crippen LogP contribution in [0.4, 0.5) is 11.4 Å². The summed E-state index contributed by atoms with van der Waals surface area (Å²) in [6, 6.07) is 17.8. The summed E-state index contributed by atoms with van der Waals surface area (Å²) in [5.41, 5.74) is 2.22. The number of ether oxygens (including phenoxy) is 4. The lowest BCUT2D eigenvalue weighted by atomic mass is 10.1. The molecule has 2 amide bonds. The van der Waals surface area contributed by atoms with E-state index in [1.165, 1.54) is 28.3 Å². The predicted octanol–water partition coefficient (Wildman–Crippen LogP) is 4.50. The van der Waals surface area contributed by atoms with Gasteiger partial charge in [-0.3, -0.25) is 9.59 Å². The van der Waals surface area contributed by atoms with Gasteiger partial charge in [-0.2, -0.15) is 0 Å². The van der Waals surface area contributed by atoms with E-state index in [4.69, 9.17) is 18.9 Å². The van der Waals surface area contributed by atoms with Crippen LogP contribution in [0.1, 0.15) is 22.8 Å². The van der Waals surface area contributed by atoms with Gasteiger partial charge in [0.05, 0.1) is 27.0 Å². The predicted molar refractivity (Wildman–Crippen MR) is 126 cm³/mol. The van der Waals surface area contributed by atoms with E-state index in [1.807, 2.05) is 30.3 Å². The maximum atomic E-state index is 12.9. The van der Waals surface area contributed by atoms with Crippen LogP contribution < -0.4 is 29.6 Å². The highest BCUT2D eigenvalue weighted by atomic mass is 16.5. The first kappa shape index (κ1) is 23.5. The minimum atomic E-state index is -0.389. The molecule has 3 aromatic rings. The Labute approximate surface area is 192 Å². The smallest absolute Gasteiger partial charge is 0.255 e. The Morgan fingerprint density at radius 1 is 0.788 bits per heavy atom. The van der Waals surface area contributed by atoms with Gasteiger partial charge in [0.15, 0.2) is 11.5 Å². The summed E-state index contributed by atoms with van der Waals surface area (Å²) >= 11 is 0. The Kier molecular flexibility index (Phi) is 7.75. The van der Waals surface area contributed by atoms with Gasteiger partial charge < -0.3 is 29.6 Å². The van der Waals surface area contributed by atoms with Crippen LogP contribution in [0.15, 0.2) is 60.7 Å². The normalized spacial score (nSPS) is 10.2. The molecule has 0 aliphatic heterocycles. The molecule has 0 fully saturated rings. The quantitative estimate of drug-likeness (QED) is 0.498. The Balaban J connectivity index is 1.84. The molecular weight excluding hydrogens is 424 g/mol. The van der Waals surface area contributed by atoms with Crippen LogP contribution in [0.3, 0.4) is 0 Å². The highest BCUT2D eigenvalue weighted by molar-refractivity contribution is 6.05. The van der Waals surface area contributed by atoms with Crippen molar-refractivity contribution in [2.24, 2.45) is 0 Å². The Morgan fingerprint density at radius 3 is 2.00 bits per heavy atom. The van der Waals surface area contributed by atoms with Crippen molar-refractivity contribution in [2.45, 2.75) is 13.5 Å². The van der Waals surface area contributed by atoms with E-state index in [9.17, 15) is 9.59 Å². The molecule has 3 rings (SSSR count). The first-order chi connectivity index (χ1) is 15.9. The molecule has 0 bridgehead atoms. The molecule has 0 saturated heterocycles. The Morgan fingerprint density at radius 2 is 1.42 bits per heavy atom. The third kappa shape index (κ3) is 5.94. The molecule has 0 atom stereocenters. The molecule has 8 nitrogen and oxygen atoms in total. The lowest BCUT2D eigenvalue weighted by Crippen LogP contribution is -2.14. The molecule has 0 aliphatic rings. The summed E-state index contributed by atoms with van der Waals surface area (Å²) in [5, 5.41) is 5.48. The van der Waals surface area contributed by atoms with Crippen molar-refractivity contribution < 1.29 is 28.5 Å². The van der Waals surface area contributed by atoms with Crippen LogP contribution >= 0.6 is 0 Å². The summed E-state index contributed by atoms with van der Waals surface area (Å²) in [6.45, 7) is 1.71. The number of anilines is 2. The summed E-state index contributed by atoms with van der Waals surface area (Å²) in [5.74, 6) is 0.968. The van der Waals surface area contributed by atoms with Gasteiger partial charge in [0, 0.05) is 18.2 Å². The van der Waals surface area contributed by atoms with Crippen LogP contribution in [-0.2, 0) is 11.4 Å². The zero-order chi connectivity index (χ0) is 23.8. The van der Waals surface area contributed by atoms with Gasteiger partial charge in [0.25, 0.3) is 5.91 Å². The molecule has 3 aromatic carbocycles. The minimum absolute atomic E-state index is 0.252. The number of carbonyl (C=O) groups is 2. The molecule has 0 saturated carbocycles. The van der Waals surface area contributed by atoms with Gasteiger partial charge in [0.1, 0.15) is 12.4 Å². The number of hydrogen-bond donors (Lipinski definition) is 2. The molecule has 0 radical (unpaired) electrons. The van der Waals surface area contributed by atoms with Crippen LogP contribution in [-0.4, -0.2) is 33.1 Å². The SMILES string of the molecule is COc1ccc(NC(=O)c2cc(OC)c(OCc3ccccc3)c(OC)c2)cc1NC(C)=O. The second-order valence-electron chi connectivity index (χ2n) is 7.03. The number of rotatable bonds is 9. The molecule has 0 unspecified atom stereocenters. The van der Waals surface area contributed by atoms with Gasteiger partial charge in [-0.15, -0.1) is 0 Å². The first-order valence-corrected chi connectivity index (χ1v) is 10.1. The molecule has 2 N–H and O–H groups in total. The molecule has 8 heteroatoms. The molecule has 0 heterocycles. The summed E-state index contributed by atoms with van der Waals surface area (Å²) in [6.07, 6.45) is 0. The van der Waals surface area contributed by atoms with E-state index < -0.39 is 0 Å². The fraction of sp³-hybridized carbons (Fsp3) is 0.200. The van der Waals surface area contributed by atoms with Crippen molar-refractivity contribution in [1.82, 2.24) is 0 Å². The molecule has 0 aliphatic carbocycles. The lowest BCUT2D eigenvalue weighted by molar-refractivity contribution is -0.114. The molecular formula is C25H26N2O6. The van der Waals surface area contributed by atoms with Gasteiger partial charge in [0.2, 0.25) is 11.7 Å². The molecule has 33 heavy (non-hydrogen) atoms. The van der Waals surface area contributed by atoms with E-state index in [0.29, 0.717) is 46.5 Å². The standard InChI is InChI=1S/C25H26N2O6/c1-16(28)26-20-14-19(10-11-21(20)30-2)27-25(29)18-12-22(31-3)24(23(13-18)32-4)33-15-17-8-6-5-7-9-17/h5-14H,15H2,1-4H3,(H,26,28)(H,27,29). The Hall–Kier alpha value is -4.20. The monoisotopic (exact) mass is 450 g/mol. The maximum Gasteiger partial charge on any atom is 0.255 e. The van der Waals surface area contributed by atoms with Gasteiger partial charge in [-0.1, -0.05) is 30.3 Å². The fourth-order valence-corrected chi connectivity index (χ4v) is 3.16. The maximum absolute atomic E-state index is 12.9. The average Bonchev–Trinajstić information content (AvgIpc) is 2.82.